The third-order valence-corrected chi connectivity index (χ3v) is 5.90. The Kier molecular flexibility index (Phi) is 4.92. The lowest BCUT2D eigenvalue weighted by Crippen LogP contribution is -2.38. The molecule has 2 aliphatic heterocycles. The number of likely N-dealkylation sites (tertiary alicyclic amines) is 1. The Bertz CT molecular complexity index is 1090. The number of aromatic amines is 1. The molecule has 0 spiro atoms. The number of carbonyl (C=O) groups is 1. The smallest absolute Gasteiger partial charge is 0.255 e. The number of piperidine rings is 1. The van der Waals surface area contributed by atoms with Crippen LogP contribution in [0.3, 0.4) is 0 Å². The van der Waals surface area contributed by atoms with Gasteiger partial charge in [0.05, 0.1) is 30.2 Å². The molecule has 0 aromatic carbocycles. The van der Waals surface area contributed by atoms with E-state index in [1.165, 1.54) is 23.5 Å². The van der Waals surface area contributed by atoms with Gasteiger partial charge in [0, 0.05) is 49.5 Å². The van der Waals surface area contributed by atoms with Crippen molar-refractivity contribution in [1.82, 2.24) is 24.6 Å². The molecule has 5 rings (SSSR count). The van der Waals surface area contributed by atoms with Crippen molar-refractivity contribution in [3.05, 3.63) is 75.6 Å². The molecule has 8 nitrogen and oxygen atoms in total. The third kappa shape index (κ3) is 3.43. The Morgan fingerprint density at radius 1 is 1.17 bits per heavy atom. The van der Waals surface area contributed by atoms with Gasteiger partial charge in [-0.1, -0.05) is 6.07 Å². The molecule has 1 amide bonds. The number of rotatable bonds is 3. The molecule has 3 aromatic rings. The molecule has 3 aromatic heterocycles. The number of nitrogens with zero attached hydrogens (tertiary/aromatic N) is 4. The van der Waals surface area contributed by atoms with Crippen molar-refractivity contribution in [1.29, 1.82) is 0 Å². The largest absolute Gasteiger partial charge is 0.376 e. The molecule has 1 saturated heterocycles. The van der Waals surface area contributed by atoms with Crippen LogP contribution >= 0.6 is 0 Å². The summed E-state index contributed by atoms with van der Waals surface area (Å²) in [4.78, 5) is 33.0. The van der Waals surface area contributed by atoms with Crippen molar-refractivity contribution < 1.29 is 9.53 Å². The Hall–Kier alpha value is -3.26. The highest BCUT2D eigenvalue weighted by Crippen LogP contribution is 2.35. The third-order valence-electron chi connectivity index (χ3n) is 5.90. The summed E-state index contributed by atoms with van der Waals surface area (Å²) in [6.07, 6.45) is 5.77. The number of hydrogen-bond acceptors (Lipinski definition) is 5. The van der Waals surface area contributed by atoms with Crippen molar-refractivity contribution in [3.63, 3.8) is 0 Å². The molecule has 1 N–H and O–H groups in total. The second-order valence-electron chi connectivity index (χ2n) is 7.72. The van der Waals surface area contributed by atoms with Crippen LogP contribution in [-0.4, -0.2) is 50.3 Å². The highest BCUT2D eigenvalue weighted by atomic mass is 16.5. The van der Waals surface area contributed by atoms with Crippen LogP contribution in [0.4, 0.5) is 0 Å². The number of aromatic nitrogens is 4. The maximum absolute atomic E-state index is 12.8. The van der Waals surface area contributed by atoms with E-state index >= 15 is 0 Å². The van der Waals surface area contributed by atoms with E-state index in [1.807, 2.05) is 27.8 Å². The van der Waals surface area contributed by atoms with Gasteiger partial charge in [0.15, 0.2) is 5.82 Å². The van der Waals surface area contributed by atoms with Crippen molar-refractivity contribution in [2.75, 3.05) is 19.7 Å². The summed E-state index contributed by atoms with van der Waals surface area (Å²) < 4.78 is 7.71. The van der Waals surface area contributed by atoms with Gasteiger partial charge in [0.1, 0.15) is 0 Å². The number of H-pyrrole nitrogens is 1. The summed E-state index contributed by atoms with van der Waals surface area (Å²) in [5, 5.41) is 4.87. The van der Waals surface area contributed by atoms with E-state index in [2.05, 4.69) is 9.97 Å². The normalized spacial score (nSPS) is 17.0. The first-order chi connectivity index (χ1) is 14.7. The van der Waals surface area contributed by atoms with Gasteiger partial charge in [0.2, 0.25) is 5.56 Å². The topological polar surface area (TPSA) is 93.1 Å². The molecule has 0 aliphatic carbocycles. The SMILES string of the molecule is O=C(c1ccc(=O)[nH]c1)N1CCC(c2c3c(nn2-c2ccccn2)CCOC3)CC1. The second-order valence-corrected chi connectivity index (χ2v) is 7.72. The monoisotopic (exact) mass is 405 g/mol. The fraction of sp³-hybridized carbons (Fsp3) is 0.364. The van der Waals surface area contributed by atoms with Crippen LogP contribution in [0.1, 0.15) is 46.1 Å². The van der Waals surface area contributed by atoms with Gasteiger partial charge in [-0.05, 0) is 31.0 Å². The maximum Gasteiger partial charge on any atom is 0.255 e. The maximum atomic E-state index is 12.8. The minimum absolute atomic E-state index is 0.0479. The number of carbonyl (C=O) groups excluding carboxylic acids is 1. The molecule has 0 atom stereocenters. The first-order valence-corrected chi connectivity index (χ1v) is 10.3. The molecular formula is C22H23N5O3. The summed E-state index contributed by atoms with van der Waals surface area (Å²) in [7, 11) is 0. The van der Waals surface area contributed by atoms with Crippen molar-refractivity contribution >= 4 is 5.91 Å². The lowest BCUT2D eigenvalue weighted by molar-refractivity contribution is 0.0709. The van der Waals surface area contributed by atoms with Crippen molar-refractivity contribution in [3.8, 4) is 5.82 Å². The fourth-order valence-electron chi connectivity index (χ4n) is 4.37. The molecule has 5 heterocycles. The molecule has 0 unspecified atom stereocenters. The van der Waals surface area contributed by atoms with E-state index in [0.717, 1.165) is 30.8 Å². The Morgan fingerprint density at radius 3 is 2.77 bits per heavy atom. The molecular weight excluding hydrogens is 382 g/mol. The second kappa shape index (κ2) is 7.87. The van der Waals surface area contributed by atoms with Crippen LogP contribution in [-0.2, 0) is 17.8 Å². The molecule has 0 bridgehead atoms. The predicted octanol–water partition coefficient (Wildman–Crippen LogP) is 2.05. The zero-order chi connectivity index (χ0) is 20.5. The van der Waals surface area contributed by atoms with Crippen LogP contribution in [0, 0.1) is 0 Å². The van der Waals surface area contributed by atoms with Gasteiger partial charge in [-0.2, -0.15) is 5.10 Å². The zero-order valence-corrected chi connectivity index (χ0v) is 16.6. The van der Waals surface area contributed by atoms with Crippen LogP contribution in [0.25, 0.3) is 5.82 Å². The van der Waals surface area contributed by atoms with Crippen LogP contribution < -0.4 is 5.56 Å². The molecule has 0 radical (unpaired) electrons. The first kappa shape index (κ1) is 18.7. The van der Waals surface area contributed by atoms with E-state index in [1.54, 1.807) is 12.3 Å². The van der Waals surface area contributed by atoms with Crippen molar-refractivity contribution in [2.24, 2.45) is 0 Å². The molecule has 30 heavy (non-hydrogen) atoms. The Morgan fingerprint density at radius 2 is 2.03 bits per heavy atom. The zero-order valence-electron chi connectivity index (χ0n) is 16.6. The number of ether oxygens (including phenoxy) is 1. The molecule has 0 saturated carbocycles. The summed E-state index contributed by atoms with van der Waals surface area (Å²) >= 11 is 0. The average molecular weight is 405 g/mol. The van der Waals surface area contributed by atoms with E-state index in [-0.39, 0.29) is 17.4 Å². The highest BCUT2D eigenvalue weighted by molar-refractivity contribution is 5.93. The number of amides is 1. The number of hydrogen-bond donors (Lipinski definition) is 1. The predicted molar refractivity (Wildman–Crippen MR) is 110 cm³/mol. The average Bonchev–Trinajstić information content (AvgIpc) is 3.19. The Labute approximate surface area is 173 Å². The standard InChI is InChI=1S/C22H23N5O3/c28-20-5-4-16(13-24-20)22(29)26-10-6-15(7-11-26)21-17-14-30-12-8-18(17)25-27(21)19-3-1-2-9-23-19/h1-5,9,13,15H,6-8,10-12,14H2,(H,24,28). The quantitative estimate of drug-likeness (QED) is 0.720. The summed E-state index contributed by atoms with van der Waals surface area (Å²) in [5.41, 5.74) is 3.74. The number of nitrogens with one attached hydrogen (secondary N) is 1. The minimum Gasteiger partial charge on any atom is -0.376 e. The molecule has 8 heteroatoms. The lowest BCUT2D eigenvalue weighted by atomic mass is 9.89. The van der Waals surface area contributed by atoms with E-state index in [0.29, 0.717) is 31.9 Å². The van der Waals surface area contributed by atoms with E-state index < -0.39 is 0 Å². The van der Waals surface area contributed by atoms with Gasteiger partial charge in [-0.25, -0.2) is 9.67 Å². The minimum atomic E-state index is -0.208. The van der Waals surface area contributed by atoms with Crippen molar-refractivity contribution in [2.45, 2.75) is 31.8 Å². The molecule has 1 fully saturated rings. The Balaban J connectivity index is 1.39. The molecule has 154 valence electrons. The van der Waals surface area contributed by atoms with Gasteiger partial charge in [-0.15, -0.1) is 0 Å². The summed E-state index contributed by atoms with van der Waals surface area (Å²) in [5.74, 6) is 1.05. The van der Waals surface area contributed by atoms with Gasteiger partial charge >= 0.3 is 0 Å². The van der Waals surface area contributed by atoms with Gasteiger partial charge in [-0.3, -0.25) is 9.59 Å². The molecule has 2 aliphatic rings. The van der Waals surface area contributed by atoms with Gasteiger partial charge in [0.25, 0.3) is 5.91 Å². The number of pyridine rings is 2. The fourth-order valence-corrected chi connectivity index (χ4v) is 4.37. The highest BCUT2D eigenvalue weighted by Gasteiger charge is 2.32. The number of fused-ring (bicyclic) bond motifs is 1. The van der Waals surface area contributed by atoms with Crippen LogP contribution in [0.15, 0.2) is 47.5 Å². The first-order valence-electron chi connectivity index (χ1n) is 10.3. The van der Waals surface area contributed by atoms with E-state index in [9.17, 15) is 9.59 Å². The lowest BCUT2D eigenvalue weighted by Gasteiger charge is -2.33. The van der Waals surface area contributed by atoms with E-state index in [4.69, 9.17) is 9.84 Å². The van der Waals surface area contributed by atoms with Crippen LogP contribution in [0.2, 0.25) is 0 Å². The summed E-state index contributed by atoms with van der Waals surface area (Å²) in [6.45, 7) is 2.59. The van der Waals surface area contributed by atoms with Gasteiger partial charge < -0.3 is 14.6 Å². The van der Waals surface area contributed by atoms with Crippen LogP contribution in [0.5, 0.6) is 0 Å². The summed E-state index contributed by atoms with van der Waals surface area (Å²) in [6, 6.07) is 8.80.